The van der Waals surface area contributed by atoms with Crippen LogP contribution in [-0.2, 0) is 17.6 Å². The highest BCUT2D eigenvalue weighted by atomic mass is 35.5. The molecule has 8 heteroatoms. The van der Waals surface area contributed by atoms with E-state index in [2.05, 4.69) is 54.4 Å². The van der Waals surface area contributed by atoms with Gasteiger partial charge in [0.25, 0.3) is 0 Å². The minimum atomic E-state index is -0.268. The molecular formula is C52H65ClN2O5. The van der Waals surface area contributed by atoms with Gasteiger partial charge in [0.2, 0.25) is 0 Å². The SMILES string of the molecule is COC1CCCC(CCCCCOc2cccc(-c3cccc4c3CC[C@@H]4Oc3cc(OCC4=C/C(C#N)=C\CCC\N=C\4)c(CC4CCC[C@@H](O)C4)cc3Cl)c2C)CC1. The van der Waals surface area contributed by atoms with E-state index in [1.165, 1.54) is 79.2 Å². The normalized spacial score (nSPS) is 25.5. The molecule has 0 spiro atoms. The number of unbranched alkanes of at least 4 members (excludes halogenated alkanes) is 2. The number of hydrogen-bond acceptors (Lipinski definition) is 7. The van der Waals surface area contributed by atoms with Crippen LogP contribution in [0.1, 0.15) is 131 Å². The van der Waals surface area contributed by atoms with Gasteiger partial charge in [0.1, 0.15) is 30.0 Å². The lowest BCUT2D eigenvalue weighted by Gasteiger charge is -2.27. The van der Waals surface area contributed by atoms with Crippen molar-refractivity contribution in [2.24, 2.45) is 16.8 Å². The highest BCUT2D eigenvalue weighted by Gasteiger charge is 2.29. The van der Waals surface area contributed by atoms with Crippen LogP contribution in [0.3, 0.4) is 0 Å². The third-order valence-corrected chi connectivity index (χ3v) is 13.6. The fourth-order valence-corrected chi connectivity index (χ4v) is 10.2. The average molecular weight is 834 g/mol. The predicted octanol–water partition coefficient (Wildman–Crippen LogP) is 12.6. The number of allylic oxidation sites excluding steroid dienone is 3. The summed E-state index contributed by atoms with van der Waals surface area (Å²) in [4.78, 5) is 4.58. The largest absolute Gasteiger partial charge is 0.493 e. The molecule has 60 heavy (non-hydrogen) atoms. The molecule has 0 aromatic heterocycles. The topological polar surface area (TPSA) is 93.3 Å². The zero-order valence-corrected chi connectivity index (χ0v) is 36.7. The number of rotatable bonds is 16. The van der Waals surface area contributed by atoms with Crippen LogP contribution in [0.25, 0.3) is 11.1 Å². The highest BCUT2D eigenvalue weighted by molar-refractivity contribution is 6.32. The molecule has 3 unspecified atom stereocenters. The molecule has 7 nitrogen and oxygen atoms in total. The summed E-state index contributed by atoms with van der Waals surface area (Å²) in [5.74, 6) is 3.46. The first-order valence-electron chi connectivity index (χ1n) is 22.9. The summed E-state index contributed by atoms with van der Waals surface area (Å²) in [6.07, 6.45) is 24.9. The van der Waals surface area contributed by atoms with Gasteiger partial charge in [-0.2, -0.15) is 5.26 Å². The predicted molar refractivity (Wildman–Crippen MR) is 243 cm³/mol. The Morgan fingerprint density at radius 1 is 0.867 bits per heavy atom. The fraction of sp³-hybridized carbons (Fsp3) is 0.538. The molecule has 0 bridgehead atoms. The maximum atomic E-state index is 10.5. The molecule has 7 rings (SSSR count). The van der Waals surface area contributed by atoms with Crippen molar-refractivity contribution in [2.75, 3.05) is 26.9 Å². The number of nitriles is 1. The van der Waals surface area contributed by atoms with Crippen LogP contribution in [0, 0.1) is 30.1 Å². The van der Waals surface area contributed by atoms with E-state index in [1.54, 1.807) is 0 Å². The number of aliphatic hydroxyl groups is 1. The molecule has 1 aliphatic heterocycles. The van der Waals surface area contributed by atoms with Crippen molar-refractivity contribution < 1.29 is 24.1 Å². The molecule has 4 aliphatic rings. The summed E-state index contributed by atoms with van der Waals surface area (Å²) < 4.78 is 25.5. The van der Waals surface area contributed by atoms with Crippen LogP contribution < -0.4 is 14.2 Å². The number of nitrogens with zero attached hydrogens (tertiary/aromatic N) is 2. The van der Waals surface area contributed by atoms with Crippen molar-refractivity contribution in [1.82, 2.24) is 0 Å². The van der Waals surface area contributed by atoms with Gasteiger partial charge in [-0.05, 0) is 147 Å². The van der Waals surface area contributed by atoms with Gasteiger partial charge in [-0.25, -0.2) is 0 Å². The molecule has 320 valence electrons. The van der Waals surface area contributed by atoms with Crippen molar-refractivity contribution in [1.29, 1.82) is 5.26 Å². The first kappa shape index (κ1) is 44.0. The zero-order valence-electron chi connectivity index (χ0n) is 35.9. The van der Waals surface area contributed by atoms with Crippen LogP contribution in [0.15, 0.2) is 76.8 Å². The van der Waals surface area contributed by atoms with Crippen LogP contribution >= 0.6 is 11.6 Å². The number of ether oxygens (including phenoxy) is 4. The molecule has 3 aromatic carbocycles. The Morgan fingerprint density at radius 2 is 1.72 bits per heavy atom. The number of benzene rings is 3. The number of methoxy groups -OCH3 is 1. The Kier molecular flexibility index (Phi) is 16.2. The standard InChI is InChI=1S/C52H65ClN2O5/c1-36-44(18-11-21-49(36)58-27-7-3-4-12-37-14-9-17-43(57-2)23-22-37)45-19-10-20-47-46(45)24-25-50(47)60-52-32-51(41(31-48(52)53)29-38-15-8-16-42(56)30-38)59-35-40-28-39(33-54)13-5-6-26-55-34-40/h10-11,13,18-21,28,31-32,34,37-38,42-43,50,56H,3-9,12,14-17,22-27,29-30,35H2,1-2H3/b39-13+,40-28+,55-34+/t37?,38?,42-,43?,50+/m1/s1. The Bertz CT molecular complexity index is 2030. The first-order chi connectivity index (χ1) is 29.4. The van der Waals surface area contributed by atoms with Gasteiger partial charge >= 0.3 is 0 Å². The number of hydrogen-bond donors (Lipinski definition) is 1. The van der Waals surface area contributed by atoms with Gasteiger partial charge in [0, 0.05) is 37.1 Å². The number of halogens is 1. The average Bonchev–Trinajstić information content (AvgIpc) is 3.58. The van der Waals surface area contributed by atoms with E-state index in [0.717, 1.165) is 93.6 Å². The monoisotopic (exact) mass is 832 g/mol. The van der Waals surface area contributed by atoms with E-state index in [0.29, 0.717) is 40.7 Å². The van der Waals surface area contributed by atoms with E-state index in [-0.39, 0.29) is 18.8 Å². The van der Waals surface area contributed by atoms with Crippen molar-refractivity contribution >= 4 is 17.8 Å². The van der Waals surface area contributed by atoms with Gasteiger partial charge < -0.3 is 24.1 Å². The maximum Gasteiger partial charge on any atom is 0.142 e. The molecule has 2 fully saturated rings. The van der Waals surface area contributed by atoms with Crippen LogP contribution in [-0.4, -0.2) is 50.4 Å². The molecule has 1 heterocycles. The van der Waals surface area contributed by atoms with E-state index in [4.69, 9.17) is 30.5 Å². The summed E-state index contributed by atoms with van der Waals surface area (Å²) in [6, 6.07) is 19.2. The summed E-state index contributed by atoms with van der Waals surface area (Å²) in [5, 5.41) is 20.7. The van der Waals surface area contributed by atoms with Gasteiger partial charge in [-0.3, -0.25) is 4.99 Å². The first-order valence-corrected chi connectivity index (χ1v) is 23.2. The second-order valence-corrected chi connectivity index (χ2v) is 18.0. The van der Waals surface area contributed by atoms with Crippen LogP contribution in [0.5, 0.6) is 17.2 Å². The number of aliphatic imine (C=N–C) groups is 1. The highest BCUT2D eigenvalue weighted by Crippen LogP contribution is 2.45. The van der Waals surface area contributed by atoms with Gasteiger partial charge in [-0.15, -0.1) is 0 Å². The van der Waals surface area contributed by atoms with Crippen molar-refractivity contribution in [3.05, 3.63) is 99.1 Å². The third kappa shape index (κ3) is 11.8. The molecule has 2 saturated carbocycles. The number of aliphatic hydroxyl groups excluding tert-OH is 1. The van der Waals surface area contributed by atoms with Gasteiger partial charge in [0.15, 0.2) is 0 Å². The molecule has 0 radical (unpaired) electrons. The van der Waals surface area contributed by atoms with E-state index in [9.17, 15) is 10.4 Å². The second kappa shape index (κ2) is 22.1. The molecule has 1 N–H and O–H groups in total. The second-order valence-electron chi connectivity index (χ2n) is 17.6. The molecule has 3 aromatic rings. The third-order valence-electron chi connectivity index (χ3n) is 13.3. The Balaban J connectivity index is 1.03. The van der Waals surface area contributed by atoms with Gasteiger partial charge in [0.05, 0.1) is 29.9 Å². The maximum absolute atomic E-state index is 10.5. The molecule has 3 aliphatic carbocycles. The van der Waals surface area contributed by atoms with Crippen molar-refractivity contribution in [3.63, 3.8) is 0 Å². The summed E-state index contributed by atoms with van der Waals surface area (Å²) in [7, 11) is 1.86. The minimum Gasteiger partial charge on any atom is -0.493 e. The lowest BCUT2D eigenvalue weighted by Crippen LogP contribution is -2.21. The molecule has 5 atom stereocenters. The van der Waals surface area contributed by atoms with Crippen molar-refractivity contribution in [2.45, 2.75) is 141 Å². The summed E-state index contributed by atoms with van der Waals surface area (Å²) in [5.41, 5.74) is 8.57. The summed E-state index contributed by atoms with van der Waals surface area (Å²) >= 11 is 7.06. The lowest BCUT2D eigenvalue weighted by atomic mass is 9.83. The van der Waals surface area contributed by atoms with E-state index < -0.39 is 0 Å². The van der Waals surface area contributed by atoms with Gasteiger partial charge in [-0.1, -0.05) is 86.5 Å². The quantitative estimate of drug-likeness (QED) is 0.114. The molecule has 0 saturated heterocycles. The molecule has 0 amide bonds. The Labute approximate surface area is 363 Å². The molecular weight excluding hydrogens is 768 g/mol. The fourth-order valence-electron chi connectivity index (χ4n) is 9.92. The summed E-state index contributed by atoms with van der Waals surface area (Å²) in [6.45, 7) is 3.89. The van der Waals surface area contributed by atoms with Crippen LogP contribution in [0.4, 0.5) is 0 Å². The smallest absolute Gasteiger partial charge is 0.142 e. The zero-order chi connectivity index (χ0) is 41.7. The Morgan fingerprint density at radius 3 is 2.58 bits per heavy atom. The number of fused-ring (bicyclic) bond motifs is 1. The minimum absolute atomic E-state index is 0.156. The lowest BCUT2D eigenvalue weighted by molar-refractivity contribution is 0.0889. The Hall–Kier alpha value is -4.09. The van der Waals surface area contributed by atoms with Crippen LogP contribution in [0.2, 0.25) is 5.02 Å². The van der Waals surface area contributed by atoms with E-state index >= 15 is 0 Å². The van der Waals surface area contributed by atoms with E-state index in [1.807, 2.05) is 37.6 Å². The van der Waals surface area contributed by atoms with Crippen molar-refractivity contribution in [3.8, 4) is 34.4 Å².